The maximum Gasteiger partial charge on any atom is 0.416 e. The Kier molecular flexibility index (Phi) is 11.3. The van der Waals surface area contributed by atoms with Crippen molar-refractivity contribution in [2.24, 2.45) is 0 Å². The van der Waals surface area contributed by atoms with Crippen LogP contribution in [0, 0.1) is 11.6 Å². The van der Waals surface area contributed by atoms with Gasteiger partial charge in [-0.05, 0) is 96.5 Å². The van der Waals surface area contributed by atoms with Gasteiger partial charge >= 0.3 is 12.4 Å². The highest BCUT2D eigenvalue weighted by Gasteiger charge is 2.54. The molecule has 11 nitrogen and oxygen atoms in total. The second kappa shape index (κ2) is 17.4. The third-order valence-electron chi connectivity index (χ3n) is 15.4. The Bertz CT molecular complexity index is 2870. The van der Waals surface area contributed by atoms with Crippen LogP contribution in [-0.2, 0) is 37.5 Å². The minimum absolute atomic E-state index is 0.0532. The summed E-state index contributed by atoms with van der Waals surface area (Å²) < 4.78 is 123. The van der Waals surface area contributed by atoms with Crippen molar-refractivity contribution < 1.29 is 49.4 Å². The molecule has 72 heavy (non-hydrogen) atoms. The lowest BCUT2D eigenvalue weighted by Gasteiger charge is -2.40. The molecule has 4 fully saturated rings. The largest absolute Gasteiger partial charge is 0.416 e. The molecular formula is C53H46F8N8O3. The molecule has 2 saturated carbocycles. The van der Waals surface area contributed by atoms with Gasteiger partial charge < -0.3 is 19.3 Å². The molecule has 6 heterocycles. The molecule has 0 radical (unpaired) electrons. The SMILES string of the molecule is O=C(C(c1ccc2c(c1)N(c1ncc(-c3cc(C(F)(F)F)ccc3F)cn1)CC21CC1)N1CCOCC1)C(c1ccc2c(c1)N(c1ncc(-c3cc(C(F)(F)F)ccc3F)cn1)CC21CC1)N1CCOCC1. The first kappa shape index (κ1) is 46.6. The van der Waals surface area contributed by atoms with Crippen LogP contribution in [0.2, 0.25) is 0 Å². The number of carbonyl (C=O) groups excluding carboxylic acids is 1. The minimum atomic E-state index is -4.66. The first-order valence-corrected chi connectivity index (χ1v) is 24.0. The standard InChI is InChI=1S/C53H46F8N8O3/c54-41-7-3-35(52(56,57)58)23-37(41)33-25-62-48(63-26-33)68-29-50(9-10-50)39-5-1-31(21-43(39)68)45(66-13-17-71-18-14-66)47(70)46(67-15-19-72-20-16-67)32-2-6-40-44(22-32)69(30-51(40)11-12-51)49-64-27-34(28-65-49)38-24-36(53(59,60)61)4-8-42(38)55/h1-8,21-28,45-46H,9-20,29-30H2. The molecule has 0 amide bonds. The second-order valence-electron chi connectivity index (χ2n) is 19.7. The molecule has 4 aliphatic heterocycles. The van der Waals surface area contributed by atoms with Crippen LogP contribution in [0.5, 0.6) is 0 Å². The lowest BCUT2D eigenvalue weighted by Crippen LogP contribution is -2.48. The number of morpholine rings is 2. The summed E-state index contributed by atoms with van der Waals surface area (Å²) in [7, 11) is 0. The van der Waals surface area contributed by atoms with Crippen molar-refractivity contribution in [1.29, 1.82) is 0 Å². The topological polar surface area (TPSA) is 100 Å². The Morgan fingerprint density at radius 1 is 0.528 bits per heavy atom. The van der Waals surface area contributed by atoms with Crippen LogP contribution in [0.1, 0.15) is 71.1 Å². The predicted molar refractivity (Wildman–Crippen MR) is 249 cm³/mol. The van der Waals surface area contributed by atoms with E-state index in [0.717, 1.165) is 83.6 Å². The van der Waals surface area contributed by atoms with Crippen molar-refractivity contribution in [2.75, 3.05) is 75.5 Å². The Balaban J connectivity index is 0.897. The summed E-state index contributed by atoms with van der Waals surface area (Å²) in [6.45, 7) is 4.77. The van der Waals surface area contributed by atoms with Gasteiger partial charge in [0.25, 0.3) is 0 Å². The van der Waals surface area contributed by atoms with Gasteiger partial charge in [-0.25, -0.2) is 28.7 Å². The van der Waals surface area contributed by atoms with E-state index in [0.29, 0.717) is 89.7 Å². The number of benzene rings is 4. The molecule has 6 aromatic rings. The average Bonchev–Trinajstić information content (AvgIpc) is 4.29. The van der Waals surface area contributed by atoms with Gasteiger partial charge in [-0.2, -0.15) is 26.3 Å². The van der Waals surface area contributed by atoms with E-state index in [2.05, 4.69) is 41.9 Å². The molecule has 6 aliphatic rings. The number of anilines is 4. The van der Waals surface area contributed by atoms with Gasteiger partial charge in [0.15, 0.2) is 5.78 Å². The van der Waals surface area contributed by atoms with E-state index in [9.17, 15) is 35.1 Å². The van der Waals surface area contributed by atoms with Crippen LogP contribution in [0.15, 0.2) is 97.6 Å². The van der Waals surface area contributed by atoms with Gasteiger partial charge in [0.1, 0.15) is 11.6 Å². The van der Waals surface area contributed by atoms with Crippen molar-refractivity contribution >= 4 is 29.1 Å². The van der Waals surface area contributed by atoms with Crippen LogP contribution in [0.4, 0.5) is 58.4 Å². The van der Waals surface area contributed by atoms with Crippen molar-refractivity contribution in [3.05, 3.63) is 143 Å². The summed E-state index contributed by atoms with van der Waals surface area (Å²) in [6.07, 6.45) is -0.291. The lowest BCUT2D eigenvalue weighted by atomic mass is 9.87. The third kappa shape index (κ3) is 8.27. The number of ketones is 1. The smallest absolute Gasteiger partial charge is 0.379 e. The Morgan fingerprint density at radius 2 is 0.903 bits per heavy atom. The molecule has 2 saturated heterocycles. The monoisotopic (exact) mass is 994 g/mol. The molecule has 372 valence electrons. The fraction of sp³-hybridized carbons (Fsp3) is 0.377. The van der Waals surface area contributed by atoms with Crippen LogP contribution >= 0.6 is 0 Å². The van der Waals surface area contributed by atoms with E-state index >= 15 is 4.79 Å². The van der Waals surface area contributed by atoms with Gasteiger partial charge in [-0.1, -0.05) is 24.3 Å². The van der Waals surface area contributed by atoms with E-state index in [4.69, 9.17) is 9.47 Å². The Morgan fingerprint density at radius 3 is 1.25 bits per heavy atom. The summed E-state index contributed by atoms with van der Waals surface area (Å²) in [5.41, 5.74) is 2.72. The molecular weight excluding hydrogens is 949 g/mol. The predicted octanol–water partition coefficient (Wildman–Crippen LogP) is 10.3. The number of rotatable bonds is 10. The Hall–Kier alpha value is -6.41. The lowest BCUT2D eigenvalue weighted by molar-refractivity contribution is -0.138. The summed E-state index contributed by atoms with van der Waals surface area (Å²) in [4.78, 5) is 42.6. The van der Waals surface area contributed by atoms with Gasteiger partial charge in [0.2, 0.25) is 11.9 Å². The average molecular weight is 995 g/mol. The number of carbonyl (C=O) groups is 1. The second-order valence-corrected chi connectivity index (χ2v) is 19.7. The minimum Gasteiger partial charge on any atom is -0.379 e. The number of halogens is 8. The van der Waals surface area contributed by atoms with Crippen molar-refractivity contribution in [1.82, 2.24) is 29.7 Å². The molecule has 0 N–H and O–H groups in total. The number of alkyl halides is 6. The summed E-state index contributed by atoms with van der Waals surface area (Å²) in [5, 5.41) is 0. The summed E-state index contributed by atoms with van der Waals surface area (Å²) in [5.74, 6) is -1.12. The number of fused-ring (bicyclic) bond motifs is 4. The number of hydrogen-bond donors (Lipinski definition) is 0. The van der Waals surface area contributed by atoms with E-state index in [-0.39, 0.29) is 38.9 Å². The zero-order chi connectivity index (χ0) is 49.7. The van der Waals surface area contributed by atoms with Crippen LogP contribution < -0.4 is 9.80 Å². The summed E-state index contributed by atoms with van der Waals surface area (Å²) >= 11 is 0. The molecule has 12 rings (SSSR count). The fourth-order valence-corrected chi connectivity index (χ4v) is 11.2. The molecule has 2 aromatic heterocycles. The highest BCUT2D eigenvalue weighted by Crippen LogP contribution is 2.60. The molecule has 0 bridgehead atoms. The molecule has 2 spiro atoms. The number of ether oxygens (including phenoxy) is 2. The van der Waals surface area contributed by atoms with Crippen LogP contribution in [-0.4, -0.2) is 101 Å². The van der Waals surface area contributed by atoms with Crippen molar-refractivity contribution in [3.63, 3.8) is 0 Å². The number of Topliss-reactive ketones (excluding diaryl/α,β-unsaturated/α-hetero) is 1. The van der Waals surface area contributed by atoms with Crippen molar-refractivity contribution in [3.8, 4) is 22.3 Å². The van der Waals surface area contributed by atoms with Gasteiger partial charge in [0.05, 0.1) is 49.6 Å². The zero-order valence-corrected chi connectivity index (χ0v) is 38.6. The van der Waals surface area contributed by atoms with Gasteiger partial charge in [-0.15, -0.1) is 0 Å². The maximum atomic E-state index is 16.0. The first-order chi connectivity index (χ1) is 34.6. The third-order valence-corrected chi connectivity index (χ3v) is 15.4. The van der Waals surface area contributed by atoms with E-state index in [1.165, 1.54) is 24.8 Å². The van der Waals surface area contributed by atoms with E-state index < -0.39 is 47.2 Å². The highest BCUT2D eigenvalue weighted by atomic mass is 19.4. The van der Waals surface area contributed by atoms with Crippen LogP contribution in [0.25, 0.3) is 22.3 Å². The number of aromatic nitrogens is 4. The first-order valence-electron chi connectivity index (χ1n) is 24.0. The number of hydrogen-bond acceptors (Lipinski definition) is 11. The quantitative estimate of drug-likeness (QED) is 0.123. The van der Waals surface area contributed by atoms with Crippen LogP contribution in [0.3, 0.4) is 0 Å². The van der Waals surface area contributed by atoms with E-state index in [1.54, 1.807) is 0 Å². The normalized spacial score (nSPS) is 20.2. The highest BCUT2D eigenvalue weighted by molar-refractivity contribution is 5.92. The van der Waals surface area contributed by atoms with Gasteiger partial charge in [-0.3, -0.25) is 14.6 Å². The molecule has 4 aromatic carbocycles. The van der Waals surface area contributed by atoms with E-state index in [1.807, 2.05) is 34.1 Å². The zero-order valence-electron chi connectivity index (χ0n) is 38.6. The molecule has 2 unspecified atom stereocenters. The summed E-state index contributed by atoms with van der Waals surface area (Å²) in [6, 6.07) is 15.3. The number of nitrogens with zero attached hydrogens (tertiary/aromatic N) is 8. The van der Waals surface area contributed by atoms with Crippen molar-refractivity contribution in [2.45, 2.75) is 60.9 Å². The Labute approximate surface area is 408 Å². The van der Waals surface area contributed by atoms with Gasteiger partial charge in [0, 0.05) is 109 Å². The molecule has 2 atom stereocenters. The fourth-order valence-electron chi connectivity index (χ4n) is 11.2. The maximum absolute atomic E-state index is 16.0. The molecule has 2 aliphatic carbocycles. The molecule has 19 heteroatoms.